The smallest absolute Gasteiger partial charge is 0.410 e. The van der Waals surface area contributed by atoms with E-state index in [9.17, 15) is 28.8 Å². The largest absolute Gasteiger partial charge is 0.466 e. The van der Waals surface area contributed by atoms with E-state index in [0.717, 1.165) is 49.0 Å². The van der Waals surface area contributed by atoms with E-state index in [1.54, 1.807) is 39.5 Å². The number of hydrogen-bond donors (Lipinski definition) is 3. The van der Waals surface area contributed by atoms with Crippen LogP contribution in [0.4, 0.5) is 14.9 Å². The number of aromatic nitrogens is 1. The van der Waals surface area contributed by atoms with E-state index in [1.165, 1.54) is 11.9 Å². The molecule has 320 valence electrons. The predicted molar refractivity (Wildman–Crippen MR) is 219 cm³/mol. The molecule has 1 aliphatic heterocycles. The first kappa shape index (κ1) is 46.1. The van der Waals surface area contributed by atoms with E-state index in [0.29, 0.717) is 36.7 Å². The van der Waals surface area contributed by atoms with Gasteiger partial charge in [0.25, 0.3) is 0 Å². The second-order valence-corrected chi connectivity index (χ2v) is 16.5. The van der Waals surface area contributed by atoms with Gasteiger partial charge < -0.3 is 39.8 Å². The van der Waals surface area contributed by atoms with Gasteiger partial charge in [-0.15, -0.1) is 0 Å². The zero-order valence-corrected chi connectivity index (χ0v) is 35.5. The van der Waals surface area contributed by atoms with Gasteiger partial charge in [-0.25, -0.2) is 9.78 Å². The molecule has 16 nitrogen and oxygen atoms in total. The molecule has 2 heterocycles. The monoisotopic (exact) mass is 828 g/mol. The average Bonchev–Trinajstić information content (AvgIpc) is 3.85. The Morgan fingerprint density at radius 3 is 2.24 bits per heavy atom. The second kappa shape index (κ2) is 22.5. The van der Waals surface area contributed by atoms with Crippen molar-refractivity contribution < 1.29 is 47.7 Å². The number of hydrogen-bond acceptors (Lipinski definition) is 12. The van der Waals surface area contributed by atoms with Crippen molar-refractivity contribution >= 4 is 57.2 Å². The first-order chi connectivity index (χ1) is 27.7. The van der Waals surface area contributed by atoms with Crippen molar-refractivity contribution in [2.45, 2.75) is 116 Å². The highest BCUT2D eigenvalue weighted by molar-refractivity contribution is 7.20. The van der Waals surface area contributed by atoms with Crippen LogP contribution < -0.4 is 16.0 Å². The number of ether oxygens (including phenoxy) is 4. The van der Waals surface area contributed by atoms with Gasteiger partial charge >= 0.3 is 12.1 Å². The summed E-state index contributed by atoms with van der Waals surface area (Å²) >= 11 is 1.11. The first-order valence-electron chi connectivity index (χ1n) is 20.2. The number of benzene rings is 1. The number of carbonyl (C=O) groups is 6. The Labute approximate surface area is 345 Å². The zero-order valence-electron chi connectivity index (χ0n) is 34.6. The fourth-order valence-corrected chi connectivity index (χ4v) is 7.68. The minimum atomic E-state index is -0.911. The van der Waals surface area contributed by atoms with Crippen molar-refractivity contribution in [1.29, 1.82) is 0 Å². The summed E-state index contributed by atoms with van der Waals surface area (Å²) in [6, 6.07) is 6.68. The summed E-state index contributed by atoms with van der Waals surface area (Å²) in [7, 11) is 1.49. The van der Waals surface area contributed by atoms with Crippen LogP contribution in [0, 0.1) is 5.92 Å². The second-order valence-electron chi connectivity index (χ2n) is 15.5. The Morgan fingerprint density at radius 1 is 0.914 bits per heavy atom. The number of likely N-dealkylation sites (tertiary alicyclic amines) is 1. The van der Waals surface area contributed by atoms with Crippen molar-refractivity contribution in [1.82, 2.24) is 20.1 Å². The lowest BCUT2D eigenvalue weighted by Crippen LogP contribution is -2.58. The van der Waals surface area contributed by atoms with Crippen LogP contribution in [0.1, 0.15) is 92.4 Å². The van der Waals surface area contributed by atoms with Gasteiger partial charge in [-0.05, 0) is 66.2 Å². The third kappa shape index (κ3) is 14.0. The van der Waals surface area contributed by atoms with Crippen LogP contribution in [0.15, 0.2) is 30.3 Å². The van der Waals surface area contributed by atoms with E-state index in [1.807, 2.05) is 30.3 Å². The fraction of sp³-hybridized carbons (Fsp3) is 0.634. The molecule has 1 aromatic heterocycles. The maximum Gasteiger partial charge on any atom is 0.410 e. The van der Waals surface area contributed by atoms with E-state index < -0.39 is 41.6 Å². The summed E-state index contributed by atoms with van der Waals surface area (Å²) < 4.78 is 21.2. The normalized spacial score (nSPS) is 16.9. The number of thiazole rings is 1. The lowest BCUT2D eigenvalue weighted by atomic mass is 9.83. The van der Waals surface area contributed by atoms with E-state index in [4.69, 9.17) is 18.9 Å². The van der Waals surface area contributed by atoms with Crippen LogP contribution in [-0.2, 0) is 42.9 Å². The number of anilines is 2. The summed E-state index contributed by atoms with van der Waals surface area (Å²) in [5.74, 6) is -1.97. The van der Waals surface area contributed by atoms with Gasteiger partial charge in [-0.1, -0.05) is 60.9 Å². The van der Waals surface area contributed by atoms with Crippen molar-refractivity contribution in [3.05, 3.63) is 30.3 Å². The van der Waals surface area contributed by atoms with Crippen LogP contribution in [0.3, 0.4) is 0 Å². The van der Waals surface area contributed by atoms with Crippen molar-refractivity contribution in [3.63, 3.8) is 0 Å². The number of esters is 1. The molecule has 3 atom stereocenters. The van der Waals surface area contributed by atoms with Gasteiger partial charge in [0.2, 0.25) is 23.6 Å². The van der Waals surface area contributed by atoms with Gasteiger partial charge in [0.1, 0.15) is 34.4 Å². The quantitative estimate of drug-likeness (QED) is 0.122. The molecular weight excluding hydrogens is 769 g/mol. The topological polar surface area (TPSA) is 195 Å². The summed E-state index contributed by atoms with van der Waals surface area (Å²) in [4.78, 5) is 86.5. The molecule has 0 spiro atoms. The molecule has 1 saturated carbocycles. The highest BCUT2D eigenvalue weighted by atomic mass is 32.1. The van der Waals surface area contributed by atoms with Gasteiger partial charge in [0.05, 0.1) is 45.9 Å². The Morgan fingerprint density at radius 2 is 1.59 bits per heavy atom. The van der Waals surface area contributed by atoms with E-state index in [2.05, 4.69) is 20.9 Å². The van der Waals surface area contributed by atoms with Gasteiger partial charge in [0, 0.05) is 19.2 Å². The molecule has 2 fully saturated rings. The molecule has 0 unspecified atom stereocenters. The number of rotatable bonds is 19. The molecule has 1 aliphatic carbocycles. The maximum atomic E-state index is 14.4. The summed E-state index contributed by atoms with van der Waals surface area (Å²) in [6.45, 7) is 10.1. The first-order valence-corrected chi connectivity index (χ1v) is 21.0. The predicted octanol–water partition coefficient (Wildman–Crippen LogP) is 5.38. The molecule has 4 rings (SSSR count). The standard InChI is InChI=1S/C41H60N6O10S/c1-7-56-32(49)21-24-55-26-25-54-23-20-31(48)42-39-44-33(28-15-10-8-11-16-28)37(58-39)45-36(51)30-19-14-22-47(30)38(52)34(29-17-12-9-13-18-29)43-35(50)27(2)46(6)40(53)57-41(3,4)5/h8,10-11,15-16,27,29-30,34H,7,9,12-14,17-26H2,1-6H3,(H,43,50)(H,45,51)(H,42,44,48)/t27-,30-,34-/m0/s1. The lowest BCUT2D eigenvalue weighted by Gasteiger charge is -2.36. The molecule has 17 heteroatoms. The van der Waals surface area contributed by atoms with Crippen LogP contribution in [0.25, 0.3) is 11.3 Å². The SMILES string of the molecule is CCOC(=O)CCOCCOCCC(=O)Nc1nc(-c2ccccc2)c(NC(=O)[C@@H]2CCCN2C(=O)[C@@H](NC(=O)[C@H](C)N(C)C(=O)OC(C)(C)C)C2CCCCC2)s1. The molecule has 1 saturated heterocycles. The highest BCUT2D eigenvalue weighted by Gasteiger charge is 2.42. The molecule has 2 aliphatic rings. The molecular formula is C41H60N6O10S. The summed E-state index contributed by atoms with van der Waals surface area (Å²) in [6.07, 6.45) is 5.01. The summed E-state index contributed by atoms with van der Waals surface area (Å²) in [5.41, 5.74) is 0.453. The zero-order chi connectivity index (χ0) is 42.2. The number of likely N-dealkylation sites (N-methyl/N-ethyl adjacent to an activating group) is 1. The van der Waals surface area contributed by atoms with Gasteiger partial charge in [-0.3, -0.25) is 28.9 Å². The minimum Gasteiger partial charge on any atom is -0.466 e. The van der Waals surface area contributed by atoms with E-state index in [-0.39, 0.29) is 68.1 Å². The molecule has 1 aromatic carbocycles. The average molecular weight is 829 g/mol. The number of amides is 5. The number of carbonyl (C=O) groups excluding carboxylic acids is 6. The molecule has 0 radical (unpaired) electrons. The van der Waals surface area contributed by atoms with Crippen LogP contribution in [0.5, 0.6) is 0 Å². The number of nitrogens with zero attached hydrogens (tertiary/aromatic N) is 3. The van der Waals surface area contributed by atoms with Crippen molar-refractivity contribution in [2.75, 3.05) is 57.3 Å². The Bertz CT molecular complexity index is 1690. The fourth-order valence-electron chi connectivity index (χ4n) is 6.77. The van der Waals surface area contributed by atoms with E-state index >= 15 is 0 Å². The van der Waals surface area contributed by atoms with Crippen LogP contribution in [-0.4, -0.2) is 121 Å². The third-order valence-corrected chi connectivity index (χ3v) is 10.8. The molecule has 3 N–H and O–H groups in total. The Balaban J connectivity index is 1.41. The number of nitrogens with one attached hydrogen (secondary N) is 3. The molecule has 0 bridgehead atoms. The Kier molecular flexibility index (Phi) is 17.9. The maximum absolute atomic E-state index is 14.4. The third-order valence-electron chi connectivity index (χ3n) is 9.92. The van der Waals surface area contributed by atoms with Gasteiger partial charge in [-0.2, -0.15) is 0 Å². The highest BCUT2D eigenvalue weighted by Crippen LogP contribution is 2.37. The molecule has 5 amide bonds. The molecule has 58 heavy (non-hydrogen) atoms. The van der Waals surface area contributed by atoms with Crippen LogP contribution in [0.2, 0.25) is 0 Å². The van der Waals surface area contributed by atoms with Gasteiger partial charge in [0.15, 0.2) is 5.13 Å². The van der Waals surface area contributed by atoms with Crippen molar-refractivity contribution in [3.8, 4) is 11.3 Å². The Hall–Kier alpha value is -4.61. The van der Waals surface area contributed by atoms with Crippen LogP contribution >= 0.6 is 11.3 Å². The summed E-state index contributed by atoms with van der Waals surface area (Å²) in [5, 5.41) is 9.47. The molecule has 2 aromatic rings. The van der Waals surface area contributed by atoms with Crippen molar-refractivity contribution in [2.24, 2.45) is 5.92 Å². The minimum absolute atomic E-state index is 0.0542. The lowest BCUT2D eigenvalue weighted by molar-refractivity contribution is -0.144.